The summed E-state index contributed by atoms with van der Waals surface area (Å²) in [4.78, 5) is 37.8. The molecule has 0 aromatic heterocycles. The number of carbonyl (C=O) groups is 3. The topological polar surface area (TPSA) is 78.9 Å². The smallest absolute Gasteiger partial charge is 0.306 e. The van der Waals surface area contributed by atoms with Crippen molar-refractivity contribution in [1.82, 2.24) is 0 Å². The van der Waals surface area contributed by atoms with Crippen molar-refractivity contribution in [3.05, 3.63) is 0 Å². The Kier molecular flexibility index (Phi) is 46.8. The van der Waals surface area contributed by atoms with Gasteiger partial charge < -0.3 is 14.2 Å². The van der Waals surface area contributed by atoms with Crippen LogP contribution in [0.15, 0.2) is 0 Å². The molecular formula is C52H100O6. The summed E-state index contributed by atoms with van der Waals surface area (Å²) in [5.74, 6) is -0.849. The van der Waals surface area contributed by atoms with Crippen LogP contribution in [0.3, 0.4) is 0 Å². The van der Waals surface area contributed by atoms with E-state index in [1.54, 1.807) is 0 Å². The van der Waals surface area contributed by atoms with Crippen LogP contribution in [-0.2, 0) is 28.6 Å². The van der Waals surface area contributed by atoms with E-state index in [1.807, 2.05) is 0 Å². The maximum absolute atomic E-state index is 12.7. The summed E-state index contributed by atoms with van der Waals surface area (Å²) < 4.78 is 16.7. The minimum absolute atomic E-state index is 0.0624. The largest absolute Gasteiger partial charge is 0.462 e. The second-order valence-electron chi connectivity index (χ2n) is 17.8. The number of esters is 3. The third kappa shape index (κ3) is 45.5. The number of unbranched alkanes of at least 4 members (excludes halogenated alkanes) is 37. The average Bonchev–Trinajstić information content (AvgIpc) is 3.22. The van der Waals surface area contributed by atoms with Crippen LogP contribution in [0.5, 0.6) is 0 Å². The lowest BCUT2D eigenvalue weighted by Gasteiger charge is -2.18. The molecule has 0 spiro atoms. The maximum Gasteiger partial charge on any atom is 0.306 e. The first-order chi connectivity index (χ1) is 28.5. The first kappa shape index (κ1) is 56.4. The van der Waals surface area contributed by atoms with Gasteiger partial charge in [0.15, 0.2) is 6.10 Å². The van der Waals surface area contributed by atoms with Crippen LogP contribution in [0.4, 0.5) is 0 Å². The lowest BCUT2D eigenvalue weighted by atomic mass is 10.0. The van der Waals surface area contributed by atoms with Crippen LogP contribution in [0.25, 0.3) is 0 Å². The van der Waals surface area contributed by atoms with E-state index in [2.05, 4.69) is 20.8 Å². The summed E-state index contributed by atoms with van der Waals surface area (Å²) in [7, 11) is 0. The fraction of sp³-hybridized carbons (Fsp3) is 0.942. The predicted octanol–water partition coefficient (Wildman–Crippen LogP) is 16.8. The van der Waals surface area contributed by atoms with E-state index >= 15 is 0 Å². The van der Waals surface area contributed by atoms with Crippen LogP contribution >= 0.6 is 0 Å². The highest BCUT2D eigenvalue weighted by Gasteiger charge is 2.19. The highest BCUT2D eigenvalue weighted by Crippen LogP contribution is 2.17. The van der Waals surface area contributed by atoms with Gasteiger partial charge in [-0.2, -0.15) is 0 Å². The summed E-state index contributed by atoms with van der Waals surface area (Å²) in [6.07, 6.45) is 51.0. The van der Waals surface area contributed by atoms with Gasteiger partial charge in [0.1, 0.15) is 13.2 Å². The number of ether oxygens (including phenoxy) is 3. The van der Waals surface area contributed by atoms with Crippen LogP contribution in [-0.4, -0.2) is 37.2 Å². The molecule has 0 aromatic carbocycles. The molecular weight excluding hydrogens is 721 g/mol. The number of hydrogen-bond acceptors (Lipinski definition) is 6. The van der Waals surface area contributed by atoms with Crippen molar-refractivity contribution in [2.75, 3.05) is 13.2 Å². The molecule has 6 heteroatoms. The van der Waals surface area contributed by atoms with Crippen LogP contribution in [0.1, 0.15) is 297 Å². The SMILES string of the molecule is CCCCCCCCCCCCCCCCCCCCCC(=O)OC[C@@H](COC(=O)CCCCCCCCC)OC(=O)CCCCCCCCCCCCCCCC. The first-order valence-electron chi connectivity index (χ1n) is 26.0. The minimum atomic E-state index is -0.758. The van der Waals surface area contributed by atoms with Gasteiger partial charge in [-0.25, -0.2) is 0 Å². The molecule has 6 nitrogen and oxygen atoms in total. The van der Waals surface area contributed by atoms with E-state index in [9.17, 15) is 14.4 Å². The van der Waals surface area contributed by atoms with Crippen molar-refractivity contribution >= 4 is 17.9 Å². The molecule has 0 saturated carbocycles. The first-order valence-corrected chi connectivity index (χ1v) is 26.0. The molecule has 0 aliphatic heterocycles. The Hall–Kier alpha value is -1.59. The van der Waals surface area contributed by atoms with E-state index < -0.39 is 6.10 Å². The third-order valence-corrected chi connectivity index (χ3v) is 11.9. The molecule has 0 unspecified atom stereocenters. The Bertz CT molecular complexity index is 859. The van der Waals surface area contributed by atoms with Gasteiger partial charge in [0.25, 0.3) is 0 Å². The van der Waals surface area contributed by atoms with E-state index in [-0.39, 0.29) is 31.1 Å². The normalized spacial score (nSPS) is 11.8. The third-order valence-electron chi connectivity index (χ3n) is 11.9. The predicted molar refractivity (Wildman–Crippen MR) is 247 cm³/mol. The molecule has 0 aliphatic rings. The fourth-order valence-corrected chi connectivity index (χ4v) is 7.92. The Morgan fingerprint density at radius 3 is 0.690 bits per heavy atom. The van der Waals surface area contributed by atoms with Crippen molar-refractivity contribution < 1.29 is 28.6 Å². The standard InChI is InChI=1S/C52H100O6/c1-4-7-10-13-16-18-20-22-24-25-26-27-28-30-31-33-36-39-42-45-51(54)57-48-49(47-56-50(53)44-41-38-35-15-12-9-6-3)58-52(55)46-43-40-37-34-32-29-23-21-19-17-14-11-8-5-2/h49H,4-48H2,1-3H3/t49-/m1/s1. The lowest BCUT2D eigenvalue weighted by Crippen LogP contribution is -2.30. The van der Waals surface area contributed by atoms with E-state index in [0.717, 1.165) is 57.8 Å². The maximum atomic E-state index is 12.7. The molecule has 0 fully saturated rings. The zero-order valence-electron chi connectivity index (χ0n) is 39.3. The van der Waals surface area contributed by atoms with E-state index in [4.69, 9.17) is 14.2 Å². The number of rotatable bonds is 48. The van der Waals surface area contributed by atoms with Crippen molar-refractivity contribution in [3.8, 4) is 0 Å². The van der Waals surface area contributed by atoms with Gasteiger partial charge in [-0.1, -0.05) is 258 Å². The van der Waals surface area contributed by atoms with Gasteiger partial charge >= 0.3 is 17.9 Å². The van der Waals surface area contributed by atoms with Crippen molar-refractivity contribution in [3.63, 3.8) is 0 Å². The fourth-order valence-electron chi connectivity index (χ4n) is 7.92. The molecule has 0 heterocycles. The lowest BCUT2D eigenvalue weighted by molar-refractivity contribution is -0.167. The van der Waals surface area contributed by atoms with Crippen LogP contribution in [0, 0.1) is 0 Å². The molecule has 0 aromatic rings. The second kappa shape index (κ2) is 48.1. The van der Waals surface area contributed by atoms with Crippen LogP contribution in [0.2, 0.25) is 0 Å². The van der Waals surface area contributed by atoms with Gasteiger partial charge in [0.05, 0.1) is 0 Å². The Balaban J connectivity index is 4.16. The van der Waals surface area contributed by atoms with Gasteiger partial charge in [-0.05, 0) is 19.3 Å². The zero-order valence-corrected chi connectivity index (χ0v) is 39.3. The number of hydrogen-bond donors (Lipinski definition) is 0. The summed E-state index contributed by atoms with van der Waals surface area (Å²) in [6.45, 7) is 6.64. The van der Waals surface area contributed by atoms with Crippen molar-refractivity contribution in [2.24, 2.45) is 0 Å². The van der Waals surface area contributed by atoms with Gasteiger partial charge in [0.2, 0.25) is 0 Å². The summed E-state index contributed by atoms with van der Waals surface area (Å²) >= 11 is 0. The molecule has 0 aliphatic carbocycles. The average molecular weight is 821 g/mol. The highest BCUT2D eigenvalue weighted by molar-refractivity contribution is 5.71. The summed E-state index contributed by atoms with van der Waals surface area (Å²) in [5.41, 5.74) is 0. The Labute approximate surface area is 361 Å². The summed E-state index contributed by atoms with van der Waals surface area (Å²) in [6, 6.07) is 0. The number of carbonyl (C=O) groups excluding carboxylic acids is 3. The monoisotopic (exact) mass is 821 g/mol. The molecule has 58 heavy (non-hydrogen) atoms. The van der Waals surface area contributed by atoms with Crippen molar-refractivity contribution in [2.45, 2.75) is 303 Å². The molecule has 0 N–H and O–H groups in total. The Morgan fingerprint density at radius 2 is 0.466 bits per heavy atom. The van der Waals surface area contributed by atoms with Gasteiger partial charge in [-0.15, -0.1) is 0 Å². The highest BCUT2D eigenvalue weighted by atomic mass is 16.6. The summed E-state index contributed by atoms with van der Waals surface area (Å²) in [5, 5.41) is 0. The molecule has 0 bridgehead atoms. The molecule has 0 radical (unpaired) electrons. The van der Waals surface area contributed by atoms with Gasteiger partial charge in [0, 0.05) is 19.3 Å². The molecule has 344 valence electrons. The molecule has 0 amide bonds. The molecule has 0 rings (SSSR count). The van der Waals surface area contributed by atoms with Gasteiger partial charge in [-0.3, -0.25) is 14.4 Å². The Morgan fingerprint density at radius 1 is 0.276 bits per heavy atom. The van der Waals surface area contributed by atoms with Crippen LogP contribution < -0.4 is 0 Å². The van der Waals surface area contributed by atoms with E-state index in [0.29, 0.717) is 19.3 Å². The molecule has 1 atom stereocenters. The minimum Gasteiger partial charge on any atom is -0.462 e. The van der Waals surface area contributed by atoms with Crippen molar-refractivity contribution in [1.29, 1.82) is 0 Å². The second-order valence-corrected chi connectivity index (χ2v) is 17.8. The zero-order chi connectivity index (χ0) is 42.3. The molecule has 0 saturated heterocycles. The van der Waals surface area contributed by atoms with E-state index in [1.165, 1.54) is 199 Å². The quantitative estimate of drug-likeness (QED) is 0.0346.